The number of amides is 1. The summed E-state index contributed by atoms with van der Waals surface area (Å²) in [6.45, 7) is 7.75. The number of halogens is 2. The zero-order chi connectivity index (χ0) is 15.8. The molecule has 0 aromatic carbocycles. The molecule has 0 saturated carbocycles. The Morgan fingerprint density at radius 1 is 1.33 bits per heavy atom. The van der Waals surface area contributed by atoms with Crippen LogP contribution in [0.2, 0.25) is 10.0 Å². The maximum Gasteiger partial charge on any atom is 0.247 e. The van der Waals surface area contributed by atoms with Crippen LogP contribution in [0.15, 0.2) is 6.07 Å². The summed E-state index contributed by atoms with van der Waals surface area (Å²) in [5, 5.41) is 4.03. The van der Waals surface area contributed by atoms with Crippen LogP contribution in [0, 0.1) is 0 Å². The second-order valence-corrected chi connectivity index (χ2v) is 6.41. The number of rotatable bonds is 3. The molecule has 0 aliphatic carbocycles. The zero-order valence-corrected chi connectivity index (χ0v) is 14.2. The van der Waals surface area contributed by atoms with Gasteiger partial charge < -0.3 is 15.1 Å². The van der Waals surface area contributed by atoms with Gasteiger partial charge in [0.05, 0.1) is 10.0 Å². The number of aromatic nitrogens is 1. The topological polar surface area (TPSA) is 48.5 Å². The van der Waals surface area contributed by atoms with Crippen LogP contribution in [-0.4, -0.2) is 48.0 Å². The van der Waals surface area contributed by atoms with E-state index in [2.05, 4.69) is 10.3 Å². The number of hydrogen-bond donors (Lipinski definition) is 1. The standard InChI is InChI=1S/C14H20Cl2N4O/c1-5-17-11-9(15)8-10(16)12(18-11)20-7-6-19(4)13(21)14(20,2)3/h8H,5-7H2,1-4H3,(H,17,18). The Kier molecular flexibility index (Phi) is 4.54. The molecule has 21 heavy (non-hydrogen) atoms. The van der Waals surface area contributed by atoms with Crippen LogP contribution in [-0.2, 0) is 4.79 Å². The smallest absolute Gasteiger partial charge is 0.247 e. The monoisotopic (exact) mass is 330 g/mol. The van der Waals surface area contributed by atoms with Gasteiger partial charge in [-0.05, 0) is 26.8 Å². The average Bonchev–Trinajstić information content (AvgIpc) is 2.41. The molecule has 1 saturated heterocycles. The highest BCUT2D eigenvalue weighted by atomic mass is 35.5. The van der Waals surface area contributed by atoms with E-state index >= 15 is 0 Å². The number of carbonyl (C=O) groups is 1. The minimum absolute atomic E-state index is 0.0477. The Labute approximate surface area is 135 Å². The van der Waals surface area contributed by atoms with E-state index in [1.54, 1.807) is 11.0 Å². The summed E-state index contributed by atoms with van der Waals surface area (Å²) in [6.07, 6.45) is 0. The lowest BCUT2D eigenvalue weighted by Gasteiger charge is -2.45. The average molecular weight is 331 g/mol. The van der Waals surface area contributed by atoms with Crippen molar-refractivity contribution in [2.24, 2.45) is 0 Å². The van der Waals surface area contributed by atoms with Crippen LogP contribution in [0.4, 0.5) is 11.6 Å². The summed E-state index contributed by atoms with van der Waals surface area (Å²) in [7, 11) is 1.81. The fourth-order valence-electron chi connectivity index (χ4n) is 2.52. The molecule has 2 rings (SSSR count). The van der Waals surface area contributed by atoms with Crippen LogP contribution < -0.4 is 10.2 Å². The third kappa shape index (κ3) is 2.90. The molecule has 2 heterocycles. The van der Waals surface area contributed by atoms with E-state index in [4.69, 9.17) is 23.2 Å². The van der Waals surface area contributed by atoms with Gasteiger partial charge in [-0.2, -0.15) is 0 Å². The summed E-state index contributed by atoms with van der Waals surface area (Å²) in [4.78, 5) is 20.6. The molecule has 7 heteroatoms. The summed E-state index contributed by atoms with van der Waals surface area (Å²) >= 11 is 12.4. The minimum atomic E-state index is -0.693. The molecule has 116 valence electrons. The van der Waals surface area contributed by atoms with Crippen molar-refractivity contribution >= 4 is 40.7 Å². The lowest BCUT2D eigenvalue weighted by molar-refractivity contribution is -0.136. The van der Waals surface area contributed by atoms with Gasteiger partial charge in [0.15, 0.2) is 5.82 Å². The molecular weight excluding hydrogens is 311 g/mol. The molecule has 5 nitrogen and oxygen atoms in total. The van der Waals surface area contributed by atoms with Gasteiger partial charge in [0.1, 0.15) is 11.4 Å². The number of carbonyl (C=O) groups excluding carboxylic acids is 1. The molecule has 0 atom stereocenters. The third-order valence-electron chi connectivity index (χ3n) is 3.71. The molecule has 1 N–H and O–H groups in total. The van der Waals surface area contributed by atoms with E-state index in [9.17, 15) is 4.79 Å². The van der Waals surface area contributed by atoms with Crippen molar-refractivity contribution in [2.45, 2.75) is 26.3 Å². The van der Waals surface area contributed by atoms with Crippen LogP contribution in [0.25, 0.3) is 0 Å². The number of hydrogen-bond acceptors (Lipinski definition) is 4. The molecule has 1 fully saturated rings. The quantitative estimate of drug-likeness (QED) is 0.925. The first kappa shape index (κ1) is 16.2. The molecule has 1 amide bonds. The largest absolute Gasteiger partial charge is 0.369 e. The van der Waals surface area contributed by atoms with Crippen molar-refractivity contribution in [2.75, 3.05) is 36.9 Å². The van der Waals surface area contributed by atoms with Gasteiger partial charge in [-0.25, -0.2) is 4.98 Å². The van der Waals surface area contributed by atoms with Crippen molar-refractivity contribution in [3.8, 4) is 0 Å². The molecule has 1 aliphatic heterocycles. The Morgan fingerprint density at radius 2 is 2.00 bits per heavy atom. The SMILES string of the molecule is CCNc1nc(N2CCN(C)C(=O)C2(C)C)c(Cl)cc1Cl. The number of piperazine rings is 1. The van der Waals surface area contributed by atoms with Gasteiger partial charge in [0, 0.05) is 26.7 Å². The third-order valence-corrected chi connectivity index (χ3v) is 4.28. The summed E-state index contributed by atoms with van der Waals surface area (Å²) in [5.41, 5.74) is -0.693. The van der Waals surface area contributed by atoms with Crippen molar-refractivity contribution in [1.82, 2.24) is 9.88 Å². The molecule has 1 aromatic heterocycles. The molecule has 1 aliphatic rings. The summed E-state index contributed by atoms with van der Waals surface area (Å²) in [6, 6.07) is 1.67. The number of anilines is 2. The first-order valence-electron chi connectivity index (χ1n) is 6.92. The first-order valence-corrected chi connectivity index (χ1v) is 7.67. The Balaban J connectivity index is 2.45. The van der Waals surface area contributed by atoms with Crippen molar-refractivity contribution in [1.29, 1.82) is 0 Å². The molecule has 0 spiro atoms. The highest BCUT2D eigenvalue weighted by molar-refractivity contribution is 6.37. The Bertz CT molecular complexity index is 562. The highest BCUT2D eigenvalue weighted by Crippen LogP contribution is 2.36. The first-order chi connectivity index (χ1) is 9.78. The number of pyridine rings is 1. The van der Waals surface area contributed by atoms with Gasteiger partial charge in [-0.1, -0.05) is 23.2 Å². The molecular formula is C14H20Cl2N4O. The van der Waals surface area contributed by atoms with E-state index < -0.39 is 5.54 Å². The van der Waals surface area contributed by atoms with Crippen molar-refractivity contribution in [3.05, 3.63) is 16.1 Å². The van der Waals surface area contributed by atoms with Gasteiger partial charge in [-0.15, -0.1) is 0 Å². The molecule has 1 aromatic rings. The Morgan fingerprint density at radius 3 is 2.62 bits per heavy atom. The van der Waals surface area contributed by atoms with Crippen LogP contribution >= 0.6 is 23.2 Å². The second-order valence-electron chi connectivity index (χ2n) is 5.59. The van der Waals surface area contributed by atoms with E-state index in [0.717, 1.165) is 0 Å². The molecule has 0 unspecified atom stereocenters. The zero-order valence-electron chi connectivity index (χ0n) is 12.7. The molecule has 0 bridgehead atoms. The fourth-order valence-corrected chi connectivity index (χ4v) is 3.05. The van der Waals surface area contributed by atoms with Crippen LogP contribution in [0.3, 0.4) is 0 Å². The normalized spacial score (nSPS) is 18.1. The maximum absolute atomic E-state index is 12.4. The highest BCUT2D eigenvalue weighted by Gasteiger charge is 2.42. The summed E-state index contributed by atoms with van der Waals surface area (Å²) in [5.74, 6) is 1.22. The second kappa shape index (κ2) is 5.89. The fraction of sp³-hybridized carbons (Fsp3) is 0.571. The lowest BCUT2D eigenvalue weighted by Crippen LogP contribution is -2.62. The maximum atomic E-state index is 12.4. The van der Waals surface area contributed by atoms with Crippen molar-refractivity contribution in [3.63, 3.8) is 0 Å². The van der Waals surface area contributed by atoms with E-state index in [1.807, 2.05) is 32.7 Å². The number of likely N-dealkylation sites (N-methyl/N-ethyl adjacent to an activating group) is 1. The minimum Gasteiger partial charge on any atom is -0.369 e. The predicted molar refractivity (Wildman–Crippen MR) is 87.5 cm³/mol. The van der Waals surface area contributed by atoms with Gasteiger partial charge >= 0.3 is 0 Å². The van der Waals surface area contributed by atoms with Gasteiger partial charge in [-0.3, -0.25) is 4.79 Å². The van der Waals surface area contributed by atoms with E-state index in [0.29, 0.717) is 41.3 Å². The number of nitrogens with zero attached hydrogens (tertiary/aromatic N) is 3. The molecule has 0 radical (unpaired) electrons. The Hall–Kier alpha value is -1.20. The van der Waals surface area contributed by atoms with Crippen LogP contribution in [0.5, 0.6) is 0 Å². The lowest BCUT2D eigenvalue weighted by atomic mass is 9.98. The number of nitrogens with one attached hydrogen (secondary N) is 1. The van der Waals surface area contributed by atoms with E-state index in [-0.39, 0.29) is 5.91 Å². The van der Waals surface area contributed by atoms with Crippen molar-refractivity contribution < 1.29 is 4.79 Å². The predicted octanol–water partition coefficient (Wildman–Crippen LogP) is 2.88. The van der Waals surface area contributed by atoms with E-state index in [1.165, 1.54) is 0 Å². The van der Waals surface area contributed by atoms with Gasteiger partial charge in [0.25, 0.3) is 0 Å². The summed E-state index contributed by atoms with van der Waals surface area (Å²) < 4.78 is 0. The van der Waals surface area contributed by atoms with Crippen LogP contribution in [0.1, 0.15) is 20.8 Å². The van der Waals surface area contributed by atoms with Gasteiger partial charge in [0.2, 0.25) is 5.91 Å².